The minimum atomic E-state index is 0.194. The van der Waals surface area contributed by atoms with Crippen LogP contribution in [-0.4, -0.2) is 25.0 Å². The molecule has 2 aromatic heterocycles. The van der Waals surface area contributed by atoms with Gasteiger partial charge in [-0.3, -0.25) is 0 Å². The van der Waals surface area contributed by atoms with Crippen LogP contribution in [0.4, 0.5) is 11.8 Å². The number of phenolic OH excluding ortho intramolecular Hbond substituents is 1. The van der Waals surface area contributed by atoms with Crippen LogP contribution in [0, 0.1) is 0 Å². The normalized spacial score (nSPS) is 13.6. The van der Waals surface area contributed by atoms with Crippen LogP contribution in [0.1, 0.15) is 11.3 Å². The Balaban J connectivity index is 1.80. The summed E-state index contributed by atoms with van der Waals surface area (Å²) in [6, 6.07) is 5.06. The highest BCUT2D eigenvalue weighted by molar-refractivity contribution is 5.90. The lowest BCUT2D eigenvalue weighted by Gasteiger charge is -2.17. The Hall–Kier alpha value is -2.96. The first-order chi connectivity index (χ1) is 10.2. The number of phenols is 1. The molecule has 104 valence electrons. The monoisotopic (exact) mass is 280 g/mol. The second-order valence-electron chi connectivity index (χ2n) is 4.95. The summed E-state index contributed by atoms with van der Waals surface area (Å²) in [5.74, 6) is 1.24. The molecule has 1 aromatic carbocycles. The predicted molar refractivity (Wildman–Crippen MR) is 77.5 cm³/mol. The number of rotatable bonds is 1. The van der Waals surface area contributed by atoms with Crippen molar-refractivity contribution in [2.75, 3.05) is 10.6 Å². The van der Waals surface area contributed by atoms with Crippen LogP contribution in [0.25, 0.3) is 10.9 Å². The van der Waals surface area contributed by atoms with Crippen LogP contribution in [0.2, 0.25) is 0 Å². The van der Waals surface area contributed by atoms with Crippen LogP contribution in [0.5, 0.6) is 5.75 Å². The average molecular weight is 280 g/mol. The molecule has 1 aliphatic rings. The Bertz CT molecular complexity index is 850. The van der Waals surface area contributed by atoms with E-state index in [1.165, 1.54) is 6.33 Å². The van der Waals surface area contributed by atoms with Crippen molar-refractivity contribution >= 4 is 22.7 Å². The molecule has 3 aromatic rings. The maximum absolute atomic E-state index is 9.69. The Morgan fingerprint density at radius 1 is 1.14 bits per heavy atom. The maximum atomic E-state index is 9.69. The molecule has 0 spiro atoms. The first-order valence-corrected chi connectivity index (χ1v) is 6.49. The van der Waals surface area contributed by atoms with Gasteiger partial charge in [0.15, 0.2) is 0 Å². The Kier molecular flexibility index (Phi) is 2.41. The number of anilines is 2. The summed E-state index contributed by atoms with van der Waals surface area (Å²) in [5.41, 5.74) is 8.37. The molecule has 0 aliphatic carbocycles. The number of aromatic hydroxyl groups is 1. The average Bonchev–Trinajstić information content (AvgIpc) is 2.89. The molecule has 1 aliphatic heterocycles. The van der Waals surface area contributed by atoms with Crippen LogP contribution in [-0.2, 0) is 13.1 Å². The number of aromatic nitrogens is 4. The number of fused-ring (bicyclic) bond motifs is 2. The summed E-state index contributed by atoms with van der Waals surface area (Å²) >= 11 is 0. The van der Waals surface area contributed by atoms with E-state index in [9.17, 15) is 5.11 Å². The van der Waals surface area contributed by atoms with Crippen molar-refractivity contribution < 1.29 is 5.11 Å². The molecule has 0 fully saturated rings. The topological polar surface area (TPSA) is 101 Å². The summed E-state index contributed by atoms with van der Waals surface area (Å²) in [6.07, 6.45) is 3.27. The molecular weight excluding hydrogens is 268 g/mol. The van der Waals surface area contributed by atoms with Gasteiger partial charge in [-0.1, -0.05) is 0 Å². The zero-order valence-corrected chi connectivity index (χ0v) is 11.1. The largest absolute Gasteiger partial charge is 0.508 e. The van der Waals surface area contributed by atoms with Gasteiger partial charge in [0.05, 0.1) is 17.8 Å². The molecular formula is C14H12N6O. The van der Waals surface area contributed by atoms with E-state index in [0.717, 1.165) is 28.0 Å². The van der Waals surface area contributed by atoms with Crippen molar-refractivity contribution in [1.29, 1.82) is 0 Å². The summed E-state index contributed by atoms with van der Waals surface area (Å²) in [4.78, 5) is 18.9. The Morgan fingerprint density at radius 3 is 2.95 bits per heavy atom. The fourth-order valence-electron chi connectivity index (χ4n) is 2.60. The SMILES string of the molecule is Nc1ncc2c(n1)CN(c1ncnc3ccc(O)cc13)C2. The molecule has 4 rings (SSSR count). The van der Waals surface area contributed by atoms with Gasteiger partial charge in [0.2, 0.25) is 5.95 Å². The van der Waals surface area contributed by atoms with Crippen molar-refractivity contribution in [3.05, 3.63) is 42.0 Å². The Labute approximate surface area is 120 Å². The van der Waals surface area contributed by atoms with Crippen molar-refractivity contribution in [2.45, 2.75) is 13.1 Å². The van der Waals surface area contributed by atoms with E-state index in [-0.39, 0.29) is 11.7 Å². The minimum absolute atomic E-state index is 0.194. The number of nitrogens with two attached hydrogens (primary N) is 1. The van der Waals surface area contributed by atoms with Crippen molar-refractivity contribution in [3.63, 3.8) is 0 Å². The third-order valence-electron chi connectivity index (χ3n) is 3.57. The van der Waals surface area contributed by atoms with Gasteiger partial charge in [-0.2, -0.15) is 0 Å². The van der Waals surface area contributed by atoms with E-state index >= 15 is 0 Å². The van der Waals surface area contributed by atoms with E-state index < -0.39 is 0 Å². The summed E-state index contributed by atoms with van der Waals surface area (Å²) in [5, 5.41) is 10.5. The van der Waals surface area contributed by atoms with E-state index in [2.05, 4.69) is 24.8 Å². The highest BCUT2D eigenvalue weighted by Gasteiger charge is 2.23. The van der Waals surface area contributed by atoms with Gasteiger partial charge in [0.1, 0.15) is 17.9 Å². The lowest BCUT2D eigenvalue weighted by Crippen LogP contribution is -2.16. The van der Waals surface area contributed by atoms with Crippen LogP contribution < -0.4 is 10.6 Å². The van der Waals surface area contributed by atoms with E-state index in [1.54, 1.807) is 24.4 Å². The first kappa shape index (κ1) is 11.8. The number of nitrogen functional groups attached to an aromatic ring is 1. The molecule has 3 heterocycles. The number of hydrogen-bond donors (Lipinski definition) is 2. The summed E-state index contributed by atoms with van der Waals surface area (Å²) in [7, 11) is 0. The first-order valence-electron chi connectivity index (χ1n) is 6.49. The third-order valence-corrected chi connectivity index (χ3v) is 3.57. The molecule has 0 bridgehead atoms. The number of nitrogens with zero attached hydrogens (tertiary/aromatic N) is 5. The number of hydrogen-bond acceptors (Lipinski definition) is 7. The standard InChI is InChI=1S/C14H12N6O/c15-14-16-4-8-5-20(6-12(8)19-14)13-10-3-9(21)1-2-11(10)17-7-18-13/h1-4,7,21H,5-6H2,(H2,15,16,19). The van der Waals surface area contributed by atoms with Crippen LogP contribution in [0.15, 0.2) is 30.7 Å². The second-order valence-corrected chi connectivity index (χ2v) is 4.95. The highest BCUT2D eigenvalue weighted by atomic mass is 16.3. The fraction of sp³-hybridized carbons (Fsp3) is 0.143. The molecule has 0 saturated carbocycles. The molecule has 0 radical (unpaired) electrons. The molecule has 0 atom stereocenters. The predicted octanol–water partition coefficient (Wildman–Crippen LogP) is 1.23. The van der Waals surface area contributed by atoms with Crippen molar-refractivity contribution in [3.8, 4) is 5.75 Å². The molecule has 7 nitrogen and oxygen atoms in total. The van der Waals surface area contributed by atoms with Crippen molar-refractivity contribution in [1.82, 2.24) is 19.9 Å². The van der Waals surface area contributed by atoms with Crippen molar-refractivity contribution in [2.24, 2.45) is 0 Å². The lowest BCUT2D eigenvalue weighted by molar-refractivity contribution is 0.476. The summed E-state index contributed by atoms with van der Waals surface area (Å²) < 4.78 is 0. The quantitative estimate of drug-likeness (QED) is 0.691. The molecule has 0 amide bonds. The van der Waals surface area contributed by atoms with Crippen LogP contribution >= 0.6 is 0 Å². The molecule has 0 saturated heterocycles. The lowest BCUT2D eigenvalue weighted by atomic mass is 10.2. The summed E-state index contributed by atoms with van der Waals surface area (Å²) in [6.45, 7) is 1.28. The smallest absolute Gasteiger partial charge is 0.220 e. The second kappa shape index (κ2) is 4.27. The van der Waals surface area contributed by atoms with Gasteiger partial charge in [-0.25, -0.2) is 19.9 Å². The van der Waals surface area contributed by atoms with Gasteiger partial charge in [-0.15, -0.1) is 0 Å². The van der Waals surface area contributed by atoms with Gasteiger partial charge in [0.25, 0.3) is 0 Å². The Morgan fingerprint density at radius 2 is 2.05 bits per heavy atom. The number of benzene rings is 1. The zero-order chi connectivity index (χ0) is 14.4. The maximum Gasteiger partial charge on any atom is 0.220 e. The zero-order valence-electron chi connectivity index (χ0n) is 11.1. The van der Waals surface area contributed by atoms with E-state index in [1.807, 2.05) is 0 Å². The highest BCUT2D eigenvalue weighted by Crippen LogP contribution is 2.31. The van der Waals surface area contributed by atoms with E-state index in [4.69, 9.17) is 5.73 Å². The van der Waals surface area contributed by atoms with Gasteiger partial charge >= 0.3 is 0 Å². The van der Waals surface area contributed by atoms with E-state index in [0.29, 0.717) is 13.1 Å². The molecule has 3 N–H and O–H groups in total. The third kappa shape index (κ3) is 1.90. The minimum Gasteiger partial charge on any atom is -0.508 e. The fourth-order valence-corrected chi connectivity index (χ4v) is 2.60. The van der Waals surface area contributed by atoms with Crippen LogP contribution in [0.3, 0.4) is 0 Å². The molecule has 0 unspecified atom stereocenters. The van der Waals surface area contributed by atoms with Gasteiger partial charge < -0.3 is 15.7 Å². The van der Waals surface area contributed by atoms with Gasteiger partial charge in [-0.05, 0) is 18.2 Å². The molecule has 21 heavy (non-hydrogen) atoms. The van der Waals surface area contributed by atoms with Gasteiger partial charge in [0, 0.05) is 23.7 Å². The molecule has 7 heteroatoms.